The molecule has 8 heteroatoms. The zero-order chi connectivity index (χ0) is 19.7. The van der Waals surface area contributed by atoms with Gasteiger partial charge in [-0.3, -0.25) is 0 Å². The number of nitrogens with zero attached hydrogens (tertiary/aromatic N) is 3. The Labute approximate surface area is 160 Å². The third-order valence-electron chi connectivity index (χ3n) is 4.72. The van der Waals surface area contributed by atoms with Crippen LogP contribution in [0.5, 0.6) is 0 Å². The Morgan fingerprint density at radius 3 is 2.75 bits per heavy atom. The summed E-state index contributed by atoms with van der Waals surface area (Å²) in [6.45, 7) is 2.52. The predicted molar refractivity (Wildman–Crippen MR) is 98.5 cm³/mol. The highest BCUT2D eigenvalue weighted by Crippen LogP contribution is 2.33. The molecule has 3 aromatic rings. The van der Waals surface area contributed by atoms with E-state index in [0.29, 0.717) is 18.7 Å². The van der Waals surface area contributed by atoms with Gasteiger partial charge < -0.3 is 14.7 Å². The summed E-state index contributed by atoms with van der Waals surface area (Å²) in [6.07, 6.45) is 1.45. The van der Waals surface area contributed by atoms with Crippen molar-refractivity contribution in [3.05, 3.63) is 65.6 Å². The molecule has 28 heavy (non-hydrogen) atoms. The average Bonchev–Trinajstić information content (AvgIpc) is 3.32. The highest BCUT2D eigenvalue weighted by atomic mass is 19.1. The molecule has 0 aliphatic carbocycles. The highest BCUT2D eigenvalue weighted by molar-refractivity contribution is 5.89. The van der Waals surface area contributed by atoms with Crippen LogP contribution < -0.4 is 5.32 Å². The van der Waals surface area contributed by atoms with Crippen LogP contribution in [0.4, 0.5) is 19.3 Å². The predicted octanol–water partition coefficient (Wildman–Crippen LogP) is 4.69. The molecule has 1 aliphatic rings. The Balaban J connectivity index is 1.53. The number of nitrogens with one attached hydrogen (secondary N) is 1. The van der Waals surface area contributed by atoms with E-state index in [4.69, 9.17) is 4.52 Å². The van der Waals surface area contributed by atoms with E-state index < -0.39 is 17.7 Å². The van der Waals surface area contributed by atoms with Crippen LogP contribution in [0.3, 0.4) is 0 Å². The molecule has 0 radical (unpaired) electrons. The van der Waals surface area contributed by atoms with Crippen LogP contribution in [0.25, 0.3) is 11.4 Å². The maximum absolute atomic E-state index is 14.0. The average molecular weight is 384 g/mol. The molecule has 1 saturated heterocycles. The van der Waals surface area contributed by atoms with Gasteiger partial charge in [0.25, 0.3) is 0 Å². The lowest BCUT2D eigenvalue weighted by Gasteiger charge is -2.22. The molecule has 2 aromatic carbocycles. The van der Waals surface area contributed by atoms with E-state index in [1.165, 1.54) is 6.07 Å². The van der Waals surface area contributed by atoms with Crippen molar-refractivity contribution in [3.8, 4) is 11.4 Å². The number of benzene rings is 2. The van der Waals surface area contributed by atoms with Gasteiger partial charge in [0.2, 0.25) is 11.7 Å². The molecular weight excluding hydrogens is 366 g/mol. The van der Waals surface area contributed by atoms with Crippen molar-refractivity contribution in [1.82, 2.24) is 15.0 Å². The normalized spacial score (nSPS) is 16.4. The smallest absolute Gasteiger partial charge is 0.322 e. The van der Waals surface area contributed by atoms with Crippen LogP contribution in [0.15, 0.2) is 47.0 Å². The third kappa shape index (κ3) is 3.58. The van der Waals surface area contributed by atoms with Crippen LogP contribution in [0, 0.1) is 18.6 Å². The van der Waals surface area contributed by atoms with Gasteiger partial charge in [0.05, 0.1) is 5.56 Å². The van der Waals surface area contributed by atoms with Crippen LogP contribution >= 0.6 is 0 Å². The number of urea groups is 1. The SMILES string of the molecule is Cc1ccc(NC(=O)N2CCCC2c2nc(-c3ccc(F)cc3F)no2)cc1. The Bertz CT molecular complexity index is 1000. The second kappa shape index (κ2) is 7.38. The molecule has 1 N–H and O–H groups in total. The van der Waals surface area contributed by atoms with Crippen molar-refractivity contribution in [2.24, 2.45) is 0 Å². The molecule has 1 atom stereocenters. The van der Waals surface area contributed by atoms with Crippen molar-refractivity contribution >= 4 is 11.7 Å². The number of halogens is 2. The van der Waals surface area contributed by atoms with Gasteiger partial charge in [-0.2, -0.15) is 4.98 Å². The summed E-state index contributed by atoms with van der Waals surface area (Å²) < 4.78 is 32.4. The van der Waals surface area contributed by atoms with Gasteiger partial charge in [-0.15, -0.1) is 0 Å². The van der Waals surface area contributed by atoms with Crippen molar-refractivity contribution < 1.29 is 18.1 Å². The van der Waals surface area contributed by atoms with E-state index in [9.17, 15) is 13.6 Å². The monoisotopic (exact) mass is 384 g/mol. The van der Waals surface area contributed by atoms with Gasteiger partial charge in [-0.1, -0.05) is 22.9 Å². The molecule has 6 nitrogen and oxygen atoms in total. The quantitative estimate of drug-likeness (QED) is 0.711. The molecule has 4 rings (SSSR count). The summed E-state index contributed by atoms with van der Waals surface area (Å²) >= 11 is 0. The number of amides is 2. The topological polar surface area (TPSA) is 71.3 Å². The van der Waals surface area contributed by atoms with E-state index in [1.54, 1.807) is 4.90 Å². The molecule has 2 heterocycles. The number of anilines is 1. The van der Waals surface area contributed by atoms with Crippen molar-refractivity contribution in [1.29, 1.82) is 0 Å². The molecular formula is C20H18F2N4O2. The summed E-state index contributed by atoms with van der Waals surface area (Å²) in [5.74, 6) is -1.19. The van der Waals surface area contributed by atoms with Crippen LogP contribution in [-0.2, 0) is 0 Å². The fourth-order valence-electron chi connectivity index (χ4n) is 3.25. The van der Waals surface area contributed by atoms with E-state index in [1.807, 2.05) is 31.2 Å². The van der Waals surface area contributed by atoms with Crippen molar-refractivity contribution in [2.45, 2.75) is 25.8 Å². The van der Waals surface area contributed by atoms with Crippen LogP contribution in [0.2, 0.25) is 0 Å². The Kier molecular flexibility index (Phi) is 4.77. The Hall–Kier alpha value is -3.29. The van der Waals surface area contributed by atoms with E-state index in [0.717, 1.165) is 24.1 Å². The van der Waals surface area contributed by atoms with Gasteiger partial charge in [-0.05, 0) is 44.0 Å². The van der Waals surface area contributed by atoms with Gasteiger partial charge in [-0.25, -0.2) is 13.6 Å². The molecule has 1 unspecified atom stereocenters. The number of carbonyl (C=O) groups is 1. The summed E-state index contributed by atoms with van der Waals surface area (Å²) in [4.78, 5) is 18.5. The lowest BCUT2D eigenvalue weighted by atomic mass is 10.2. The standard InChI is InChI=1S/C20H18F2N4O2/c1-12-4-7-14(8-5-12)23-20(27)26-10-2-3-17(26)19-24-18(25-28-19)15-9-6-13(21)11-16(15)22/h4-9,11,17H,2-3,10H2,1H3,(H,23,27). The Morgan fingerprint density at radius 1 is 1.21 bits per heavy atom. The number of carbonyl (C=O) groups excluding carboxylic acids is 1. The fourth-order valence-corrected chi connectivity index (χ4v) is 3.25. The number of hydrogen-bond acceptors (Lipinski definition) is 4. The Morgan fingerprint density at radius 2 is 2.00 bits per heavy atom. The second-order valence-corrected chi connectivity index (χ2v) is 6.73. The number of hydrogen-bond donors (Lipinski definition) is 1. The maximum atomic E-state index is 14.0. The lowest BCUT2D eigenvalue weighted by molar-refractivity contribution is 0.193. The molecule has 0 saturated carbocycles. The van der Waals surface area contributed by atoms with Crippen LogP contribution in [0.1, 0.15) is 30.3 Å². The zero-order valence-electron chi connectivity index (χ0n) is 15.2. The summed E-state index contributed by atoms with van der Waals surface area (Å²) in [5.41, 5.74) is 1.84. The molecule has 0 bridgehead atoms. The fraction of sp³-hybridized carbons (Fsp3) is 0.250. The summed E-state index contributed by atoms with van der Waals surface area (Å²) in [5, 5.41) is 6.66. The maximum Gasteiger partial charge on any atom is 0.322 e. The molecule has 2 amide bonds. The number of likely N-dealkylation sites (tertiary alicyclic amines) is 1. The number of aryl methyl sites for hydroxylation is 1. The first-order valence-electron chi connectivity index (χ1n) is 8.94. The van der Waals surface area contributed by atoms with Gasteiger partial charge >= 0.3 is 6.03 Å². The minimum absolute atomic E-state index is 0.0262. The molecule has 1 aromatic heterocycles. The number of aromatic nitrogens is 2. The zero-order valence-corrected chi connectivity index (χ0v) is 15.2. The first-order chi connectivity index (χ1) is 13.5. The summed E-state index contributed by atoms with van der Waals surface area (Å²) in [7, 11) is 0. The van der Waals surface area contributed by atoms with E-state index >= 15 is 0 Å². The molecule has 0 spiro atoms. The highest BCUT2D eigenvalue weighted by Gasteiger charge is 2.34. The minimum atomic E-state index is -0.771. The van der Waals surface area contributed by atoms with Crippen LogP contribution in [-0.4, -0.2) is 27.6 Å². The molecule has 1 fully saturated rings. The van der Waals surface area contributed by atoms with E-state index in [-0.39, 0.29) is 23.3 Å². The summed E-state index contributed by atoms with van der Waals surface area (Å²) in [6, 6.07) is 10.00. The molecule has 1 aliphatic heterocycles. The third-order valence-corrected chi connectivity index (χ3v) is 4.72. The molecule has 144 valence electrons. The largest absolute Gasteiger partial charge is 0.337 e. The first-order valence-corrected chi connectivity index (χ1v) is 8.94. The second-order valence-electron chi connectivity index (χ2n) is 6.73. The van der Waals surface area contributed by atoms with Crippen molar-refractivity contribution in [2.75, 3.05) is 11.9 Å². The van der Waals surface area contributed by atoms with Gasteiger partial charge in [0, 0.05) is 18.3 Å². The minimum Gasteiger partial charge on any atom is -0.337 e. The van der Waals surface area contributed by atoms with E-state index in [2.05, 4.69) is 15.5 Å². The van der Waals surface area contributed by atoms with Gasteiger partial charge in [0.15, 0.2) is 0 Å². The van der Waals surface area contributed by atoms with Crippen molar-refractivity contribution in [3.63, 3.8) is 0 Å². The van der Waals surface area contributed by atoms with Gasteiger partial charge in [0.1, 0.15) is 17.7 Å². The lowest BCUT2D eigenvalue weighted by Crippen LogP contribution is -2.34. The number of rotatable bonds is 3. The first kappa shape index (κ1) is 18.1.